The summed E-state index contributed by atoms with van der Waals surface area (Å²) in [7, 11) is 0. The number of fused-ring (bicyclic) bond motifs is 1. The molecule has 106 valence electrons. The Bertz CT molecular complexity index is 839. The van der Waals surface area contributed by atoms with Crippen LogP contribution in [0.1, 0.15) is 20.8 Å². The predicted molar refractivity (Wildman–Crippen MR) is 87.9 cm³/mol. The third-order valence-corrected chi connectivity index (χ3v) is 4.60. The number of nitrogens with two attached hydrogens (primary N) is 1. The maximum atomic E-state index is 12.4. The Labute approximate surface area is 126 Å². The SMILES string of the molecule is Cc1ccc(NC(=O)c2sc3ncccc3c2N)cc1C. The second-order valence-corrected chi connectivity index (χ2v) is 5.95. The predicted octanol–water partition coefficient (Wildman–Crippen LogP) is 3.75. The van der Waals surface area contributed by atoms with Crippen LogP contribution in [0.4, 0.5) is 11.4 Å². The number of anilines is 2. The van der Waals surface area contributed by atoms with Crippen molar-refractivity contribution >= 4 is 38.8 Å². The van der Waals surface area contributed by atoms with Crippen molar-refractivity contribution in [3.63, 3.8) is 0 Å². The van der Waals surface area contributed by atoms with Crippen molar-refractivity contribution in [3.05, 3.63) is 52.5 Å². The third kappa shape index (κ3) is 2.48. The summed E-state index contributed by atoms with van der Waals surface area (Å²) in [5, 5.41) is 3.72. The molecule has 3 N–H and O–H groups in total. The topological polar surface area (TPSA) is 68.0 Å². The van der Waals surface area contributed by atoms with E-state index in [4.69, 9.17) is 5.73 Å². The van der Waals surface area contributed by atoms with Crippen molar-refractivity contribution in [2.24, 2.45) is 0 Å². The van der Waals surface area contributed by atoms with E-state index in [-0.39, 0.29) is 5.91 Å². The number of pyridine rings is 1. The van der Waals surface area contributed by atoms with E-state index in [0.29, 0.717) is 10.6 Å². The fraction of sp³-hybridized carbons (Fsp3) is 0.125. The highest BCUT2D eigenvalue weighted by Gasteiger charge is 2.17. The van der Waals surface area contributed by atoms with Gasteiger partial charge in [0.15, 0.2) is 0 Å². The van der Waals surface area contributed by atoms with E-state index in [1.165, 1.54) is 16.9 Å². The average molecular weight is 297 g/mol. The molecule has 2 aromatic heterocycles. The molecule has 3 rings (SSSR count). The Balaban J connectivity index is 1.93. The average Bonchev–Trinajstić information content (AvgIpc) is 2.81. The quantitative estimate of drug-likeness (QED) is 0.757. The van der Waals surface area contributed by atoms with Crippen molar-refractivity contribution in [1.82, 2.24) is 4.98 Å². The number of nitrogens with one attached hydrogen (secondary N) is 1. The van der Waals surface area contributed by atoms with Crippen molar-refractivity contribution in [1.29, 1.82) is 0 Å². The van der Waals surface area contributed by atoms with Gasteiger partial charge in [0.1, 0.15) is 9.71 Å². The van der Waals surface area contributed by atoms with Gasteiger partial charge in [-0.25, -0.2) is 4.98 Å². The molecule has 0 fully saturated rings. The van der Waals surface area contributed by atoms with E-state index in [1.54, 1.807) is 6.20 Å². The summed E-state index contributed by atoms with van der Waals surface area (Å²) < 4.78 is 0. The lowest BCUT2D eigenvalue weighted by Crippen LogP contribution is -2.12. The number of hydrogen-bond acceptors (Lipinski definition) is 4. The number of benzene rings is 1. The van der Waals surface area contributed by atoms with Crippen molar-refractivity contribution in [3.8, 4) is 0 Å². The number of aromatic nitrogens is 1. The molecule has 0 radical (unpaired) electrons. The lowest BCUT2D eigenvalue weighted by molar-refractivity contribution is 0.103. The van der Waals surface area contributed by atoms with Gasteiger partial charge in [-0.1, -0.05) is 6.07 Å². The van der Waals surface area contributed by atoms with E-state index in [0.717, 1.165) is 21.5 Å². The number of aryl methyl sites for hydroxylation is 2. The molecule has 0 saturated carbocycles. The summed E-state index contributed by atoms with van der Waals surface area (Å²) in [5.74, 6) is -0.196. The summed E-state index contributed by atoms with van der Waals surface area (Å²) in [6, 6.07) is 9.52. The van der Waals surface area contributed by atoms with Gasteiger partial charge in [-0.15, -0.1) is 11.3 Å². The Morgan fingerprint density at radius 2 is 2.05 bits per heavy atom. The molecule has 1 amide bonds. The second-order valence-electron chi connectivity index (χ2n) is 4.95. The summed E-state index contributed by atoms with van der Waals surface area (Å²) in [6.45, 7) is 4.05. The number of carbonyl (C=O) groups is 1. The van der Waals surface area contributed by atoms with Gasteiger partial charge in [0.2, 0.25) is 0 Å². The molecule has 0 aliphatic rings. The van der Waals surface area contributed by atoms with Crippen LogP contribution in [-0.4, -0.2) is 10.9 Å². The number of nitrogen functional groups attached to an aromatic ring is 1. The third-order valence-electron chi connectivity index (χ3n) is 3.48. The Morgan fingerprint density at radius 1 is 1.24 bits per heavy atom. The second kappa shape index (κ2) is 5.18. The molecule has 2 heterocycles. The van der Waals surface area contributed by atoms with Crippen molar-refractivity contribution in [2.45, 2.75) is 13.8 Å². The molecule has 0 bridgehead atoms. The summed E-state index contributed by atoms with van der Waals surface area (Å²) >= 11 is 1.31. The molecule has 1 aromatic carbocycles. The van der Waals surface area contributed by atoms with Gasteiger partial charge >= 0.3 is 0 Å². The first-order valence-electron chi connectivity index (χ1n) is 6.58. The normalized spacial score (nSPS) is 10.8. The molecular weight excluding hydrogens is 282 g/mol. The Morgan fingerprint density at radius 3 is 2.76 bits per heavy atom. The Kier molecular flexibility index (Phi) is 3.35. The molecule has 0 unspecified atom stereocenters. The molecular formula is C16H15N3OS. The zero-order valence-electron chi connectivity index (χ0n) is 11.8. The van der Waals surface area contributed by atoms with Gasteiger partial charge < -0.3 is 11.1 Å². The van der Waals surface area contributed by atoms with Crippen LogP contribution >= 0.6 is 11.3 Å². The van der Waals surface area contributed by atoms with E-state index in [1.807, 2.05) is 44.2 Å². The Hall–Kier alpha value is -2.40. The van der Waals surface area contributed by atoms with Gasteiger partial charge in [-0.2, -0.15) is 0 Å². The van der Waals surface area contributed by atoms with E-state index < -0.39 is 0 Å². The van der Waals surface area contributed by atoms with Gasteiger partial charge in [0, 0.05) is 17.3 Å². The smallest absolute Gasteiger partial charge is 0.267 e. The summed E-state index contributed by atoms with van der Waals surface area (Å²) in [4.78, 5) is 17.9. The first-order valence-corrected chi connectivity index (χ1v) is 7.39. The van der Waals surface area contributed by atoms with Crippen LogP contribution in [0.3, 0.4) is 0 Å². The number of amides is 1. The zero-order chi connectivity index (χ0) is 15.0. The van der Waals surface area contributed by atoms with Crippen LogP contribution in [0.5, 0.6) is 0 Å². The molecule has 3 aromatic rings. The van der Waals surface area contributed by atoms with Crippen molar-refractivity contribution < 1.29 is 4.79 Å². The summed E-state index contributed by atoms with van der Waals surface area (Å²) in [6.07, 6.45) is 1.70. The van der Waals surface area contributed by atoms with Crippen LogP contribution in [-0.2, 0) is 0 Å². The lowest BCUT2D eigenvalue weighted by Gasteiger charge is -2.07. The van der Waals surface area contributed by atoms with Crippen LogP contribution in [0.25, 0.3) is 10.2 Å². The molecule has 0 atom stereocenters. The van der Waals surface area contributed by atoms with Crippen LogP contribution < -0.4 is 11.1 Å². The van der Waals surface area contributed by atoms with Crippen LogP contribution in [0, 0.1) is 13.8 Å². The highest BCUT2D eigenvalue weighted by Crippen LogP contribution is 2.32. The monoisotopic (exact) mass is 297 g/mol. The summed E-state index contributed by atoms with van der Waals surface area (Å²) in [5.41, 5.74) is 9.65. The number of nitrogens with zero attached hydrogens (tertiary/aromatic N) is 1. The molecule has 5 heteroatoms. The van der Waals surface area contributed by atoms with E-state index in [2.05, 4.69) is 10.3 Å². The fourth-order valence-electron chi connectivity index (χ4n) is 2.13. The molecule has 0 saturated heterocycles. The van der Waals surface area contributed by atoms with Gasteiger partial charge in [0.25, 0.3) is 5.91 Å². The fourth-order valence-corrected chi connectivity index (χ4v) is 3.09. The van der Waals surface area contributed by atoms with Gasteiger partial charge in [-0.05, 0) is 49.2 Å². The van der Waals surface area contributed by atoms with Crippen molar-refractivity contribution in [2.75, 3.05) is 11.1 Å². The minimum atomic E-state index is -0.196. The number of thiophene rings is 1. The largest absolute Gasteiger partial charge is 0.397 e. The highest BCUT2D eigenvalue weighted by atomic mass is 32.1. The number of hydrogen-bond donors (Lipinski definition) is 2. The lowest BCUT2D eigenvalue weighted by atomic mass is 10.1. The van der Waals surface area contributed by atoms with E-state index in [9.17, 15) is 4.79 Å². The number of carbonyl (C=O) groups excluding carboxylic acids is 1. The maximum absolute atomic E-state index is 12.4. The molecule has 21 heavy (non-hydrogen) atoms. The minimum Gasteiger partial charge on any atom is -0.397 e. The number of rotatable bonds is 2. The molecule has 0 aliphatic heterocycles. The zero-order valence-corrected chi connectivity index (χ0v) is 12.6. The van der Waals surface area contributed by atoms with Crippen LogP contribution in [0.2, 0.25) is 0 Å². The maximum Gasteiger partial charge on any atom is 0.267 e. The molecule has 4 nitrogen and oxygen atoms in total. The first kappa shape index (κ1) is 13.6. The standard InChI is InChI=1S/C16H15N3OS/c1-9-5-6-11(8-10(9)2)19-15(20)14-13(17)12-4-3-7-18-16(12)21-14/h3-8H,17H2,1-2H3,(H,19,20). The highest BCUT2D eigenvalue weighted by molar-refractivity contribution is 7.21. The van der Waals surface area contributed by atoms with E-state index >= 15 is 0 Å². The van der Waals surface area contributed by atoms with Gasteiger partial charge in [-0.3, -0.25) is 4.79 Å². The minimum absolute atomic E-state index is 0.196. The molecule has 0 aliphatic carbocycles. The molecule has 0 spiro atoms. The van der Waals surface area contributed by atoms with Crippen LogP contribution in [0.15, 0.2) is 36.5 Å². The van der Waals surface area contributed by atoms with Gasteiger partial charge in [0.05, 0.1) is 5.69 Å². The first-order chi connectivity index (χ1) is 10.1.